The lowest BCUT2D eigenvalue weighted by molar-refractivity contribution is -0.137. The van der Waals surface area contributed by atoms with Gasteiger partial charge in [-0.2, -0.15) is 0 Å². The summed E-state index contributed by atoms with van der Waals surface area (Å²) in [4.78, 5) is 14.8. The summed E-state index contributed by atoms with van der Waals surface area (Å²) in [5.74, 6) is -1.38. The van der Waals surface area contributed by atoms with Gasteiger partial charge in [-0.3, -0.25) is 4.90 Å². The molecule has 1 aromatic rings. The molecule has 6 nitrogen and oxygen atoms in total. The number of nitrogens with zero attached hydrogens (tertiary/aromatic N) is 2. The average Bonchev–Trinajstić information content (AvgIpc) is 3.00. The Hall–Kier alpha value is -1.93. The minimum atomic E-state index is -0.690. The van der Waals surface area contributed by atoms with E-state index in [4.69, 9.17) is 15.2 Å². The van der Waals surface area contributed by atoms with Gasteiger partial charge in [-0.25, -0.2) is 13.6 Å². The topological polar surface area (TPSA) is 68.0 Å². The van der Waals surface area contributed by atoms with Crippen LogP contribution in [0.4, 0.5) is 25.0 Å². The van der Waals surface area contributed by atoms with E-state index in [0.29, 0.717) is 13.2 Å². The molecule has 3 heterocycles. The standard InChI is InChI=1S/C16H19F2N3O3/c1-16-2-3-20(13(16)8-23-16)14-11(17)4-9(5-12(14)18)21-7-10(6-19)24-15(21)22/h4-5,10,13H,2-3,6-8,19H2,1H3/t10-,13?,16?/m0/s1. The third-order valence-corrected chi connectivity index (χ3v) is 5.24. The first kappa shape index (κ1) is 15.6. The lowest BCUT2D eigenvalue weighted by Gasteiger charge is -2.45. The maximum absolute atomic E-state index is 14.6. The van der Waals surface area contributed by atoms with Gasteiger partial charge in [-0.1, -0.05) is 0 Å². The molecule has 3 aliphatic rings. The number of hydrogen-bond donors (Lipinski definition) is 1. The Bertz CT molecular complexity index is 678. The van der Waals surface area contributed by atoms with Crippen LogP contribution in [-0.2, 0) is 9.47 Å². The lowest BCUT2D eigenvalue weighted by Crippen LogP contribution is -2.58. The minimum absolute atomic E-state index is 0.0225. The van der Waals surface area contributed by atoms with Crippen molar-refractivity contribution in [2.75, 3.05) is 36.0 Å². The molecular formula is C16H19F2N3O3. The summed E-state index contributed by atoms with van der Waals surface area (Å²) in [5, 5.41) is 0. The van der Waals surface area contributed by atoms with Gasteiger partial charge in [0.25, 0.3) is 0 Å². The van der Waals surface area contributed by atoms with Crippen molar-refractivity contribution in [1.29, 1.82) is 0 Å². The Kier molecular flexibility index (Phi) is 3.43. The number of amides is 1. The number of carbonyl (C=O) groups excluding carboxylic acids is 1. The van der Waals surface area contributed by atoms with Crippen LogP contribution in [0.3, 0.4) is 0 Å². The van der Waals surface area contributed by atoms with Crippen molar-refractivity contribution in [3.8, 4) is 0 Å². The predicted molar refractivity (Wildman–Crippen MR) is 83.1 cm³/mol. The van der Waals surface area contributed by atoms with E-state index in [0.717, 1.165) is 6.42 Å². The number of benzene rings is 1. The van der Waals surface area contributed by atoms with Gasteiger partial charge in [0.1, 0.15) is 11.8 Å². The van der Waals surface area contributed by atoms with Crippen LogP contribution in [0, 0.1) is 11.6 Å². The van der Waals surface area contributed by atoms with E-state index in [1.54, 1.807) is 4.90 Å². The van der Waals surface area contributed by atoms with Gasteiger partial charge >= 0.3 is 6.09 Å². The molecule has 3 fully saturated rings. The third-order valence-electron chi connectivity index (χ3n) is 5.24. The highest BCUT2D eigenvalue weighted by Crippen LogP contribution is 2.44. The number of cyclic esters (lactones) is 1. The molecule has 2 N–H and O–H groups in total. The van der Waals surface area contributed by atoms with Crippen molar-refractivity contribution < 1.29 is 23.0 Å². The zero-order valence-corrected chi connectivity index (χ0v) is 13.3. The zero-order chi connectivity index (χ0) is 17.1. The van der Waals surface area contributed by atoms with Crippen LogP contribution in [0.15, 0.2) is 12.1 Å². The van der Waals surface area contributed by atoms with Gasteiger partial charge in [-0.15, -0.1) is 0 Å². The van der Waals surface area contributed by atoms with Crippen LogP contribution >= 0.6 is 0 Å². The number of anilines is 2. The first-order valence-corrected chi connectivity index (χ1v) is 8.01. The van der Waals surface area contributed by atoms with Crippen LogP contribution in [0.5, 0.6) is 0 Å². The van der Waals surface area contributed by atoms with Crippen molar-refractivity contribution in [3.05, 3.63) is 23.8 Å². The Morgan fingerprint density at radius 2 is 2.08 bits per heavy atom. The van der Waals surface area contributed by atoms with E-state index in [9.17, 15) is 13.6 Å². The molecule has 0 aromatic heterocycles. The number of halogens is 2. The van der Waals surface area contributed by atoms with E-state index in [1.807, 2.05) is 6.92 Å². The molecule has 2 unspecified atom stereocenters. The number of hydrogen-bond acceptors (Lipinski definition) is 5. The first-order valence-electron chi connectivity index (χ1n) is 8.01. The molecule has 0 aliphatic carbocycles. The monoisotopic (exact) mass is 339 g/mol. The Morgan fingerprint density at radius 3 is 2.58 bits per heavy atom. The van der Waals surface area contributed by atoms with Gasteiger partial charge in [0, 0.05) is 25.2 Å². The zero-order valence-electron chi connectivity index (χ0n) is 13.3. The molecule has 0 saturated carbocycles. The second-order valence-corrected chi connectivity index (χ2v) is 6.69. The summed E-state index contributed by atoms with van der Waals surface area (Å²) in [6, 6.07) is 2.33. The van der Waals surface area contributed by atoms with Crippen LogP contribution in [-0.4, -0.2) is 50.1 Å². The second kappa shape index (κ2) is 5.29. The first-order chi connectivity index (χ1) is 11.4. The maximum atomic E-state index is 14.6. The molecule has 1 aromatic carbocycles. The van der Waals surface area contributed by atoms with Gasteiger partial charge in [0.2, 0.25) is 0 Å². The summed E-state index contributed by atoms with van der Waals surface area (Å²) < 4.78 is 39.9. The van der Waals surface area contributed by atoms with Gasteiger partial charge in [0.05, 0.1) is 30.5 Å². The molecule has 130 valence electrons. The quantitative estimate of drug-likeness (QED) is 0.906. The molecule has 8 heteroatoms. The fourth-order valence-corrected chi connectivity index (χ4v) is 3.70. The highest BCUT2D eigenvalue weighted by Gasteiger charge is 2.53. The minimum Gasteiger partial charge on any atom is -0.443 e. The van der Waals surface area contributed by atoms with E-state index in [1.165, 1.54) is 17.0 Å². The van der Waals surface area contributed by atoms with Crippen molar-refractivity contribution in [2.45, 2.75) is 31.1 Å². The number of carbonyl (C=O) groups is 1. The van der Waals surface area contributed by atoms with Crippen LogP contribution in [0.1, 0.15) is 13.3 Å². The predicted octanol–water partition coefficient (Wildman–Crippen LogP) is 1.62. The van der Waals surface area contributed by atoms with Crippen LogP contribution in [0.2, 0.25) is 0 Å². The third kappa shape index (κ3) is 2.16. The summed E-state index contributed by atoms with van der Waals surface area (Å²) in [7, 11) is 0. The summed E-state index contributed by atoms with van der Waals surface area (Å²) in [6.45, 7) is 3.31. The SMILES string of the molecule is CC12CCN(c3c(F)cc(N4C[C@H](CN)OC4=O)cc3F)C1CO2. The largest absolute Gasteiger partial charge is 0.443 e. The van der Waals surface area contributed by atoms with E-state index in [2.05, 4.69) is 0 Å². The molecule has 0 bridgehead atoms. The fraction of sp³-hybridized carbons (Fsp3) is 0.562. The van der Waals surface area contributed by atoms with E-state index < -0.39 is 23.8 Å². The lowest BCUT2D eigenvalue weighted by atomic mass is 9.92. The molecule has 0 radical (unpaired) electrons. The van der Waals surface area contributed by atoms with Crippen molar-refractivity contribution >= 4 is 17.5 Å². The summed E-state index contributed by atoms with van der Waals surface area (Å²) in [5.41, 5.74) is 5.23. The number of fused-ring (bicyclic) bond motifs is 1. The molecule has 1 amide bonds. The molecular weight excluding hydrogens is 320 g/mol. The van der Waals surface area contributed by atoms with Gasteiger partial charge in [0.15, 0.2) is 11.6 Å². The average molecular weight is 339 g/mol. The highest BCUT2D eigenvalue weighted by atomic mass is 19.1. The molecule has 4 rings (SSSR count). The smallest absolute Gasteiger partial charge is 0.414 e. The summed E-state index contributed by atoms with van der Waals surface area (Å²) >= 11 is 0. The normalized spacial score (nSPS) is 31.9. The Morgan fingerprint density at radius 1 is 1.38 bits per heavy atom. The number of nitrogens with two attached hydrogens (primary N) is 1. The molecule has 0 spiro atoms. The van der Waals surface area contributed by atoms with Gasteiger partial charge < -0.3 is 20.1 Å². The Balaban J connectivity index is 1.64. The van der Waals surface area contributed by atoms with Crippen LogP contribution < -0.4 is 15.5 Å². The molecule has 24 heavy (non-hydrogen) atoms. The van der Waals surface area contributed by atoms with Crippen LogP contribution in [0.25, 0.3) is 0 Å². The van der Waals surface area contributed by atoms with E-state index in [-0.39, 0.29) is 36.1 Å². The fourth-order valence-electron chi connectivity index (χ4n) is 3.70. The molecule has 3 aliphatic heterocycles. The molecule has 3 saturated heterocycles. The van der Waals surface area contributed by atoms with Crippen molar-refractivity contribution in [2.24, 2.45) is 5.73 Å². The Labute approximate surface area is 138 Å². The maximum Gasteiger partial charge on any atom is 0.414 e. The van der Waals surface area contributed by atoms with Gasteiger partial charge in [-0.05, 0) is 13.3 Å². The molecule has 3 atom stereocenters. The number of rotatable bonds is 3. The van der Waals surface area contributed by atoms with Crippen molar-refractivity contribution in [1.82, 2.24) is 0 Å². The number of ether oxygens (including phenoxy) is 2. The van der Waals surface area contributed by atoms with Crippen molar-refractivity contribution in [3.63, 3.8) is 0 Å². The summed E-state index contributed by atoms with van der Waals surface area (Å²) in [6.07, 6.45) is -0.373. The highest BCUT2D eigenvalue weighted by molar-refractivity contribution is 5.90. The van der Waals surface area contributed by atoms with E-state index >= 15 is 0 Å². The second-order valence-electron chi connectivity index (χ2n) is 6.69.